The lowest BCUT2D eigenvalue weighted by atomic mass is 10.3. The van der Waals surface area contributed by atoms with Gasteiger partial charge in [0.1, 0.15) is 0 Å². The van der Waals surface area contributed by atoms with Gasteiger partial charge in [-0.1, -0.05) is 15.9 Å². The van der Waals surface area contributed by atoms with Gasteiger partial charge < -0.3 is 10.1 Å². The van der Waals surface area contributed by atoms with Gasteiger partial charge in [-0.15, -0.1) is 0 Å². The van der Waals surface area contributed by atoms with Gasteiger partial charge in [-0.25, -0.2) is 4.39 Å². The molecule has 1 aromatic carbocycles. The van der Waals surface area contributed by atoms with E-state index >= 15 is 0 Å². The normalized spacial score (nSPS) is 9.80. The van der Waals surface area contributed by atoms with Gasteiger partial charge in [0.15, 0.2) is 18.2 Å². The first-order chi connectivity index (χ1) is 7.13. The first-order valence-corrected chi connectivity index (χ1v) is 5.27. The molecule has 0 saturated carbocycles. The van der Waals surface area contributed by atoms with Crippen LogP contribution in [0.2, 0.25) is 0 Å². The molecule has 0 atom stereocenters. The molecule has 0 radical (unpaired) electrons. The zero-order valence-electron chi connectivity index (χ0n) is 8.22. The summed E-state index contributed by atoms with van der Waals surface area (Å²) in [5.41, 5.74) is 0. The molecule has 1 amide bonds. The van der Waals surface area contributed by atoms with Crippen molar-refractivity contribution in [1.29, 1.82) is 0 Å². The van der Waals surface area contributed by atoms with E-state index in [4.69, 9.17) is 4.74 Å². The Morgan fingerprint density at radius 2 is 2.33 bits per heavy atom. The Bertz CT molecular complexity index is 357. The predicted octanol–water partition coefficient (Wildman–Crippen LogP) is 2.10. The second-order valence-electron chi connectivity index (χ2n) is 2.82. The van der Waals surface area contributed by atoms with Crippen molar-refractivity contribution in [2.75, 3.05) is 13.2 Å². The topological polar surface area (TPSA) is 38.3 Å². The summed E-state index contributed by atoms with van der Waals surface area (Å²) in [7, 11) is 0. The highest BCUT2D eigenvalue weighted by Crippen LogP contribution is 2.21. The fourth-order valence-corrected chi connectivity index (χ4v) is 1.32. The molecule has 15 heavy (non-hydrogen) atoms. The van der Waals surface area contributed by atoms with Gasteiger partial charge in [0.25, 0.3) is 5.91 Å². The van der Waals surface area contributed by atoms with E-state index < -0.39 is 5.82 Å². The van der Waals surface area contributed by atoms with Gasteiger partial charge in [0.2, 0.25) is 0 Å². The summed E-state index contributed by atoms with van der Waals surface area (Å²) in [6.45, 7) is 2.15. The molecule has 0 spiro atoms. The van der Waals surface area contributed by atoms with Crippen molar-refractivity contribution in [2.45, 2.75) is 6.92 Å². The minimum atomic E-state index is -0.484. The number of halogens is 2. The van der Waals surface area contributed by atoms with E-state index in [1.165, 1.54) is 12.1 Å². The summed E-state index contributed by atoms with van der Waals surface area (Å²) in [6, 6.07) is 4.32. The number of hydrogen-bond acceptors (Lipinski definition) is 2. The predicted molar refractivity (Wildman–Crippen MR) is 58.3 cm³/mol. The van der Waals surface area contributed by atoms with Crippen LogP contribution < -0.4 is 10.1 Å². The van der Waals surface area contributed by atoms with Crippen LogP contribution in [0.1, 0.15) is 6.92 Å². The van der Waals surface area contributed by atoms with Gasteiger partial charge in [0, 0.05) is 11.0 Å². The number of rotatable bonds is 4. The van der Waals surface area contributed by atoms with Crippen molar-refractivity contribution in [3.8, 4) is 5.75 Å². The van der Waals surface area contributed by atoms with Gasteiger partial charge in [-0.05, 0) is 25.1 Å². The van der Waals surface area contributed by atoms with Crippen LogP contribution in [-0.2, 0) is 4.79 Å². The van der Waals surface area contributed by atoms with Crippen molar-refractivity contribution < 1.29 is 13.9 Å². The maximum atomic E-state index is 13.1. The number of hydrogen-bond donors (Lipinski definition) is 1. The summed E-state index contributed by atoms with van der Waals surface area (Å²) < 4.78 is 18.8. The molecule has 0 unspecified atom stereocenters. The Balaban J connectivity index is 2.57. The lowest BCUT2D eigenvalue weighted by molar-refractivity contribution is -0.123. The number of amides is 1. The highest BCUT2D eigenvalue weighted by Gasteiger charge is 2.06. The van der Waals surface area contributed by atoms with Crippen molar-refractivity contribution >= 4 is 21.8 Å². The molecular weight excluding hydrogens is 265 g/mol. The van der Waals surface area contributed by atoms with Crippen LogP contribution in [0.25, 0.3) is 0 Å². The molecule has 5 heteroatoms. The third-order valence-corrected chi connectivity index (χ3v) is 2.12. The van der Waals surface area contributed by atoms with Crippen LogP contribution in [0.4, 0.5) is 4.39 Å². The van der Waals surface area contributed by atoms with E-state index in [0.717, 1.165) is 0 Å². The van der Waals surface area contributed by atoms with E-state index in [9.17, 15) is 9.18 Å². The van der Waals surface area contributed by atoms with E-state index in [1.54, 1.807) is 13.0 Å². The van der Waals surface area contributed by atoms with E-state index in [2.05, 4.69) is 21.2 Å². The Hall–Kier alpha value is -1.10. The summed E-state index contributed by atoms with van der Waals surface area (Å²) in [4.78, 5) is 11.0. The first-order valence-electron chi connectivity index (χ1n) is 4.48. The quantitative estimate of drug-likeness (QED) is 0.914. The van der Waals surface area contributed by atoms with E-state index in [0.29, 0.717) is 11.0 Å². The highest BCUT2D eigenvalue weighted by atomic mass is 79.9. The maximum absolute atomic E-state index is 13.1. The van der Waals surface area contributed by atoms with Crippen molar-refractivity contribution in [1.82, 2.24) is 5.32 Å². The van der Waals surface area contributed by atoms with E-state index in [1.807, 2.05) is 0 Å². The summed E-state index contributed by atoms with van der Waals surface area (Å²) in [5, 5.41) is 2.55. The van der Waals surface area contributed by atoms with Gasteiger partial charge in [-0.3, -0.25) is 4.79 Å². The Morgan fingerprint density at radius 1 is 1.60 bits per heavy atom. The molecular formula is C10H11BrFNO2. The van der Waals surface area contributed by atoms with Gasteiger partial charge in [-0.2, -0.15) is 0 Å². The third kappa shape index (κ3) is 3.87. The van der Waals surface area contributed by atoms with Crippen molar-refractivity contribution in [2.24, 2.45) is 0 Å². The SMILES string of the molecule is CCNC(=O)COc1cc(Br)ccc1F. The third-order valence-electron chi connectivity index (χ3n) is 1.63. The number of likely N-dealkylation sites (N-methyl/N-ethyl adjacent to an activating group) is 1. The molecule has 0 heterocycles. The van der Waals surface area contributed by atoms with E-state index in [-0.39, 0.29) is 18.3 Å². The average Bonchev–Trinajstić information content (AvgIpc) is 2.20. The first kappa shape index (κ1) is 12.0. The lowest BCUT2D eigenvalue weighted by Crippen LogP contribution is -2.28. The number of nitrogens with one attached hydrogen (secondary N) is 1. The monoisotopic (exact) mass is 275 g/mol. The second kappa shape index (κ2) is 5.70. The largest absolute Gasteiger partial charge is 0.481 e. The molecule has 82 valence electrons. The molecule has 0 aliphatic carbocycles. The molecule has 1 rings (SSSR count). The summed E-state index contributed by atoms with van der Waals surface area (Å²) in [5.74, 6) is -0.685. The molecule has 0 saturated heterocycles. The van der Waals surface area contributed by atoms with Crippen LogP contribution in [0.5, 0.6) is 5.75 Å². The number of carbonyl (C=O) groups excluding carboxylic acids is 1. The number of ether oxygens (including phenoxy) is 1. The molecule has 1 aromatic rings. The molecule has 0 aliphatic heterocycles. The van der Waals surface area contributed by atoms with Crippen LogP contribution >= 0.6 is 15.9 Å². The minimum Gasteiger partial charge on any atom is -0.481 e. The van der Waals surface area contributed by atoms with Crippen molar-refractivity contribution in [3.05, 3.63) is 28.5 Å². The Morgan fingerprint density at radius 3 is 3.00 bits per heavy atom. The zero-order chi connectivity index (χ0) is 11.3. The smallest absolute Gasteiger partial charge is 0.257 e. The van der Waals surface area contributed by atoms with Gasteiger partial charge >= 0.3 is 0 Å². The number of benzene rings is 1. The fourth-order valence-electron chi connectivity index (χ4n) is 0.979. The Kier molecular flexibility index (Phi) is 4.55. The van der Waals surface area contributed by atoms with Crippen LogP contribution in [0, 0.1) is 5.82 Å². The van der Waals surface area contributed by atoms with Gasteiger partial charge in [0.05, 0.1) is 0 Å². The molecule has 3 nitrogen and oxygen atoms in total. The van der Waals surface area contributed by atoms with Crippen LogP contribution in [-0.4, -0.2) is 19.1 Å². The fraction of sp³-hybridized carbons (Fsp3) is 0.300. The summed E-state index contributed by atoms with van der Waals surface area (Å²) >= 11 is 3.19. The standard InChI is InChI=1S/C10H11BrFNO2/c1-2-13-10(14)6-15-9-5-7(11)3-4-8(9)12/h3-5H,2,6H2,1H3,(H,13,14). The van der Waals surface area contributed by atoms with Crippen molar-refractivity contribution in [3.63, 3.8) is 0 Å². The maximum Gasteiger partial charge on any atom is 0.257 e. The molecule has 0 fully saturated rings. The average molecular weight is 276 g/mol. The molecule has 0 aliphatic rings. The molecule has 0 bridgehead atoms. The highest BCUT2D eigenvalue weighted by molar-refractivity contribution is 9.10. The number of carbonyl (C=O) groups is 1. The summed E-state index contributed by atoms with van der Waals surface area (Å²) in [6.07, 6.45) is 0. The van der Waals surface area contributed by atoms with Crippen LogP contribution in [0.15, 0.2) is 22.7 Å². The lowest BCUT2D eigenvalue weighted by Gasteiger charge is -2.07. The minimum absolute atomic E-state index is 0.0654. The second-order valence-corrected chi connectivity index (χ2v) is 3.73. The molecule has 1 N–H and O–H groups in total. The molecule has 0 aromatic heterocycles. The Labute approximate surface area is 95.7 Å². The van der Waals surface area contributed by atoms with Crippen LogP contribution in [0.3, 0.4) is 0 Å². The zero-order valence-corrected chi connectivity index (χ0v) is 9.80.